The van der Waals surface area contributed by atoms with Crippen molar-refractivity contribution in [2.24, 2.45) is 0 Å². The van der Waals surface area contributed by atoms with E-state index in [1.807, 2.05) is 20.8 Å². The van der Waals surface area contributed by atoms with Crippen LogP contribution in [0.5, 0.6) is 5.75 Å². The number of rotatable bonds is 0. The summed E-state index contributed by atoms with van der Waals surface area (Å²) in [6, 6.07) is 1.17. The molecule has 2 aliphatic heterocycles. The van der Waals surface area contributed by atoms with Gasteiger partial charge in [-0.3, -0.25) is 4.79 Å². The fourth-order valence-corrected chi connectivity index (χ4v) is 3.68. The first-order valence-corrected chi connectivity index (χ1v) is 9.85. The minimum atomic E-state index is -0.684. The minimum absolute atomic E-state index is 0.0718. The monoisotopic (exact) mass is 462 g/mol. The molecule has 0 N–H and O–H groups in total. The zero-order valence-corrected chi connectivity index (χ0v) is 17.7. The van der Waals surface area contributed by atoms with Gasteiger partial charge in [0.15, 0.2) is 11.6 Å². The van der Waals surface area contributed by atoms with Gasteiger partial charge >= 0.3 is 6.09 Å². The molecular formula is C18H21BrClFN2O4. The highest BCUT2D eigenvalue weighted by Crippen LogP contribution is 2.37. The number of piperazine rings is 1. The lowest BCUT2D eigenvalue weighted by atomic mass is 10.0. The topological polar surface area (TPSA) is 59.1 Å². The summed E-state index contributed by atoms with van der Waals surface area (Å²) in [6.45, 7) is 6.66. The second kappa shape index (κ2) is 7.47. The normalized spacial score (nSPS) is 20.2. The predicted octanol–water partition coefficient (Wildman–Crippen LogP) is 4.09. The van der Waals surface area contributed by atoms with Crippen molar-refractivity contribution in [3.63, 3.8) is 0 Å². The summed E-state index contributed by atoms with van der Waals surface area (Å²) in [6.07, 6.45) is 0.0699. The number of carbonyl (C=O) groups is 2. The van der Waals surface area contributed by atoms with Gasteiger partial charge in [-0.25, -0.2) is 9.18 Å². The lowest BCUT2D eigenvalue weighted by Gasteiger charge is -2.42. The van der Waals surface area contributed by atoms with Gasteiger partial charge in [-0.15, -0.1) is 0 Å². The summed E-state index contributed by atoms with van der Waals surface area (Å²) in [5.74, 6) is -1.13. The summed E-state index contributed by atoms with van der Waals surface area (Å²) in [5, 5.41) is 0.104. The van der Waals surface area contributed by atoms with Crippen molar-refractivity contribution in [1.29, 1.82) is 0 Å². The first-order valence-electron chi connectivity index (χ1n) is 8.67. The zero-order chi connectivity index (χ0) is 19.9. The molecule has 0 aliphatic carbocycles. The molecule has 2 heterocycles. The molecule has 2 amide bonds. The Morgan fingerprint density at radius 3 is 2.78 bits per heavy atom. The Morgan fingerprint density at radius 1 is 1.41 bits per heavy atom. The number of amides is 2. The first-order chi connectivity index (χ1) is 12.6. The summed E-state index contributed by atoms with van der Waals surface area (Å²) >= 11 is 9.10. The number of benzene rings is 1. The Balaban J connectivity index is 1.83. The molecule has 0 saturated carbocycles. The predicted molar refractivity (Wildman–Crippen MR) is 102 cm³/mol. The van der Waals surface area contributed by atoms with Crippen molar-refractivity contribution in [2.45, 2.75) is 38.8 Å². The van der Waals surface area contributed by atoms with E-state index in [9.17, 15) is 14.0 Å². The van der Waals surface area contributed by atoms with Crippen molar-refractivity contribution in [1.82, 2.24) is 9.80 Å². The van der Waals surface area contributed by atoms with Gasteiger partial charge in [-0.05, 0) is 42.8 Å². The molecule has 9 heteroatoms. The van der Waals surface area contributed by atoms with Crippen LogP contribution in [0.1, 0.15) is 37.6 Å². The molecule has 0 bridgehead atoms. The quantitative estimate of drug-likeness (QED) is 0.544. The van der Waals surface area contributed by atoms with Gasteiger partial charge in [-0.2, -0.15) is 0 Å². The number of hydrogen-bond acceptors (Lipinski definition) is 4. The molecule has 148 valence electrons. The maximum atomic E-state index is 14.5. The van der Waals surface area contributed by atoms with E-state index in [-0.39, 0.29) is 39.4 Å². The Kier molecular flexibility index (Phi) is 5.59. The second-order valence-electron chi connectivity index (χ2n) is 7.58. The first kappa shape index (κ1) is 20.2. The maximum Gasteiger partial charge on any atom is 0.410 e. The third-order valence-corrected chi connectivity index (χ3v) is 5.74. The Bertz CT molecular complexity index is 784. The van der Waals surface area contributed by atoms with Crippen molar-refractivity contribution < 1.29 is 23.5 Å². The number of carbonyl (C=O) groups excluding carboxylic acids is 2. The fraction of sp³-hybridized carbons (Fsp3) is 0.556. The molecular weight excluding hydrogens is 443 g/mol. The lowest BCUT2D eigenvalue weighted by molar-refractivity contribution is 0.000982. The highest BCUT2D eigenvalue weighted by Gasteiger charge is 2.37. The van der Waals surface area contributed by atoms with Gasteiger partial charge in [0.25, 0.3) is 5.91 Å². The van der Waals surface area contributed by atoms with Crippen LogP contribution in [0.15, 0.2) is 10.5 Å². The van der Waals surface area contributed by atoms with Crippen LogP contribution in [0, 0.1) is 5.82 Å². The number of ether oxygens (including phenoxy) is 2. The number of nitrogens with zero attached hydrogens (tertiary/aromatic N) is 2. The van der Waals surface area contributed by atoms with Crippen LogP contribution in [-0.4, -0.2) is 59.7 Å². The second-order valence-corrected chi connectivity index (χ2v) is 8.78. The minimum Gasteiger partial charge on any atom is -0.490 e. The van der Waals surface area contributed by atoms with E-state index in [2.05, 4.69) is 15.9 Å². The van der Waals surface area contributed by atoms with Gasteiger partial charge in [-0.1, -0.05) is 11.6 Å². The third-order valence-electron chi connectivity index (χ3n) is 4.44. The van der Waals surface area contributed by atoms with Crippen LogP contribution in [0.4, 0.5) is 9.18 Å². The van der Waals surface area contributed by atoms with Gasteiger partial charge in [0, 0.05) is 26.1 Å². The molecule has 0 radical (unpaired) electrons. The molecule has 1 fully saturated rings. The molecule has 0 unspecified atom stereocenters. The van der Waals surface area contributed by atoms with Crippen molar-refractivity contribution in [3.8, 4) is 5.75 Å². The van der Waals surface area contributed by atoms with Gasteiger partial charge in [0.05, 0.1) is 27.7 Å². The highest BCUT2D eigenvalue weighted by atomic mass is 79.9. The molecule has 2 aliphatic rings. The van der Waals surface area contributed by atoms with E-state index in [0.717, 1.165) is 0 Å². The van der Waals surface area contributed by atoms with Gasteiger partial charge in [0.2, 0.25) is 0 Å². The third kappa shape index (κ3) is 4.16. The standard InChI is InChI=1S/C18H21BrClFN2O4/c1-18(2,3)27-17(25)22-5-6-23-10(9-22)4-7-26-15-11(16(23)24)8-12(20)13(19)14(15)21/h8,10H,4-7,9H2,1-3H3/t10-/m0/s1. The molecule has 0 spiro atoms. The van der Waals surface area contributed by atoms with Gasteiger partial charge in [0.1, 0.15) is 5.60 Å². The number of hydrogen-bond donors (Lipinski definition) is 0. The molecule has 1 saturated heterocycles. The molecule has 6 nitrogen and oxygen atoms in total. The van der Waals surface area contributed by atoms with Crippen LogP contribution in [0.3, 0.4) is 0 Å². The molecule has 0 aromatic heterocycles. The summed E-state index contributed by atoms with van der Waals surface area (Å²) in [7, 11) is 0. The van der Waals surface area contributed by atoms with E-state index in [0.29, 0.717) is 26.1 Å². The lowest BCUT2D eigenvalue weighted by Crippen LogP contribution is -2.58. The SMILES string of the molecule is CC(C)(C)OC(=O)N1CCN2C(=O)c3cc(Cl)c(Br)c(F)c3OCC[C@H]2C1. The zero-order valence-electron chi connectivity index (χ0n) is 15.4. The summed E-state index contributed by atoms with van der Waals surface area (Å²) in [4.78, 5) is 28.6. The highest BCUT2D eigenvalue weighted by molar-refractivity contribution is 9.10. The fourth-order valence-electron chi connectivity index (χ4n) is 3.19. The average molecular weight is 464 g/mol. The van der Waals surface area contributed by atoms with Gasteiger partial charge < -0.3 is 19.3 Å². The van der Waals surface area contributed by atoms with Crippen LogP contribution >= 0.6 is 27.5 Å². The molecule has 27 heavy (non-hydrogen) atoms. The largest absolute Gasteiger partial charge is 0.490 e. The van der Waals surface area contributed by atoms with E-state index in [4.69, 9.17) is 21.1 Å². The molecule has 1 aromatic carbocycles. The molecule has 1 aromatic rings. The van der Waals surface area contributed by atoms with Crippen molar-refractivity contribution >= 4 is 39.5 Å². The summed E-state index contributed by atoms with van der Waals surface area (Å²) < 4.78 is 25.5. The Morgan fingerprint density at radius 2 is 2.11 bits per heavy atom. The van der Waals surface area contributed by atoms with E-state index in [1.165, 1.54) is 6.07 Å². The smallest absolute Gasteiger partial charge is 0.410 e. The van der Waals surface area contributed by atoms with E-state index in [1.54, 1.807) is 9.80 Å². The van der Waals surface area contributed by atoms with Crippen LogP contribution < -0.4 is 4.74 Å². The van der Waals surface area contributed by atoms with E-state index < -0.39 is 17.5 Å². The summed E-state index contributed by atoms with van der Waals surface area (Å²) in [5.41, 5.74) is -0.495. The molecule has 3 rings (SSSR count). The number of halogens is 3. The van der Waals surface area contributed by atoms with Crippen molar-refractivity contribution in [2.75, 3.05) is 26.2 Å². The van der Waals surface area contributed by atoms with Crippen LogP contribution in [0.2, 0.25) is 5.02 Å². The maximum absolute atomic E-state index is 14.5. The van der Waals surface area contributed by atoms with Crippen LogP contribution in [-0.2, 0) is 4.74 Å². The average Bonchev–Trinajstić information content (AvgIpc) is 2.58. The number of fused-ring (bicyclic) bond motifs is 2. The Labute approximate surface area is 170 Å². The molecule has 1 atom stereocenters. The Hall–Kier alpha value is -1.54. The van der Waals surface area contributed by atoms with Crippen molar-refractivity contribution in [3.05, 3.63) is 26.9 Å². The van der Waals surface area contributed by atoms with E-state index >= 15 is 0 Å². The van der Waals surface area contributed by atoms with Crippen LogP contribution in [0.25, 0.3) is 0 Å².